The average molecular weight is 321 g/mol. The van der Waals surface area contributed by atoms with Gasteiger partial charge in [0.1, 0.15) is 0 Å². The molecule has 1 rings (SSSR count). The second-order valence-electron chi connectivity index (χ2n) is 7.15. The molecule has 0 bridgehead atoms. The van der Waals surface area contributed by atoms with Crippen LogP contribution in [-0.4, -0.2) is 0 Å². The average Bonchev–Trinajstić information content (AvgIpc) is 2.11. The molecule has 0 aromatic heterocycles. The molecule has 0 atom stereocenters. The van der Waals surface area contributed by atoms with Gasteiger partial charge in [0.25, 0.3) is 5.85 Å². The van der Waals surface area contributed by atoms with E-state index in [-0.39, 0.29) is 10.8 Å². The molecule has 4 heteroatoms. The largest absolute Gasteiger partial charge is 0.284 e. The summed E-state index contributed by atoms with van der Waals surface area (Å²) < 4.78 is 12.2. The van der Waals surface area contributed by atoms with Crippen molar-refractivity contribution in [2.24, 2.45) is 0 Å². The first-order valence-electron chi connectivity index (χ1n) is 6.40. The van der Waals surface area contributed by atoms with Crippen LogP contribution in [0.3, 0.4) is 0 Å². The fraction of sp³-hybridized carbons (Fsp3) is 0.600. The maximum absolute atomic E-state index is 12.2. The summed E-state index contributed by atoms with van der Waals surface area (Å²) in [6.45, 7) is 14.7. The maximum atomic E-state index is 12.2. The van der Waals surface area contributed by atoms with Gasteiger partial charge in [-0.25, -0.2) is 0 Å². The molecule has 108 valence electrons. The minimum atomic E-state index is -3.32. The molecular formula is C15H23Cl2OP. The molecule has 0 saturated heterocycles. The lowest BCUT2D eigenvalue weighted by atomic mass is 9.79. The van der Waals surface area contributed by atoms with Gasteiger partial charge in [0.05, 0.1) is 0 Å². The van der Waals surface area contributed by atoms with E-state index in [2.05, 4.69) is 47.6 Å². The number of aryl methyl sites for hydroxylation is 1. The Labute approximate surface area is 126 Å². The van der Waals surface area contributed by atoms with E-state index in [0.717, 1.165) is 11.1 Å². The summed E-state index contributed by atoms with van der Waals surface area (Å²) in [5.74, 6) is -3.32. The van der Waals surface area contributed by atoms with Crippen LogP contribution < -0.4 is 5.30 Å². The van der Waals surface area contributed by atoms with Crippen molar-refractivity contribution in [3.8, 4) is 0 Å². The Morgan fingerprint density at radius 3 is 1.74 bits per heavy atom. The van der Waals surface area contributed by atoms with Crippen LogP contribution in [0.5, 0.6) is 0 Å². The van der Waals surface area contributed by atoms with Gasteiger partial charge in [-0.1, -0.05) is 53.7 Å². The smallest absolute Gasteiger partial charge is 0.282 e. The van der Waals surface area contributed by atoms with Gasteiger partial charge in [0.15, 0.2) is 0 Å². The lowest BCUT2D eigenvalue weighted by Gasteiger charge is -2.29. The molecule has 0 unspecified atom stereocenters. The van der Waals surface area contributed by atoms with E-state index in [1.165, 1.54) is 5.56 Å². The number of hydrogen-bond donors (Lipinski definition) is 0. The van der Waals surface area contributed by atoms with E-state index in [9.17, 15) is 4.57 Å². The first kappa shape index (κ1) is 17.1. The standard InChI is InChI=1S/C15H23Cl2OP/c1-10-8-11(14(2,3)4)9-12(15(5,6)7)13(10)19(16,17)18/h8-9H,1-7H3. The normalized spacial score (nSPS) is 13.7. The van der Waals surface area contributed by atoms with Gasteiger partial charge in [-0.05, 0) is 56.9 Å². The second-order valence-corrected chi connectivity index (χ2v) is 11.9. The van der Waals surface area contributed by atoms with Crippen LogP contribution in [0.25, 0.3) is 0 Å². The molecule has 0 fully saturated rings. The van der Waals surface area contributed by atoms with Crippen LogP contribution in [0.2, 0.25) is 0 Å². The molecule has 0 aliphatic carbocycles. The summed E-state index contributed by atoms with van der Waals surface area (Å²) in [7, 11) is 0. The zero-order chi connectivity index (χ0) is 15.2. The van der Waals surface area contributed by atoms with E-state index in [1.54, 1.807) is 0 Å². The van der Waals surface area contributed by atoms with E-state index >= 15 is 0 Å². The Balaban J connectivity index is 3.73. The van der Waals surface area contributed by atoms with E-state index in [0.29, 0.717) is 5.30 Å². The lowest BCUT2D eigenvalue weighted by Crippen LogP contribution is -2.25. The highest BCUT2D eigenvalue weighted by molar-refractivity contribution is 8.13. The topological polar surface area (TPSA) is 17.1 Å². The summed E-state index contributed by atoms with van der Waals surface area (Å²) in [6, 6.07) is 4.14. The number of benzene rings is 1. The van der Waals surface area contributed by atoms with E-state index in [1.807, 2.05) is 13.0 Å². The zero-order valence-electron chi connectivity index (χ0n) is 12.8. The van der Waals surface area contributed by atoms with E-state index in [4.69, 9.17) is 22.5 Å². The molecule has 0 heterocycles. The van der Waals surface area contributed by atoms with Crippen molar-refractivity contribution in [1.29, 1.82) is 0 Å². The molecule has 19 heavy (non-hydrogen) atoms. The summed E-state index contributed by atoms with van der Waals surface area (Å²) in [5.41, 5.74) is 2.98. The molecule has 0 aliphatic heterocycles. The van der Waals surface area contributed by atoms with Crippen molar-refractivity contribution in [3.63, 3.8) is 0 Å². The van der Waals surface area contributed by atoms with Crippen LogP contribution in [0, 0.1) is 6.92 Å². The molecule has 0 spiro atoms. The highest BCUT2D eigenvalue weighted by Crippen LogP contribution is 2.57. The fourth-order valence-electron chi connectivity index (χ4n) is 2.13. The van der Waals surface area contributed by atoms with Gasteiger partial charge < -0.3 is 0 Å². The van der Waals surface area contributed by atoms with Gasteiger partial charge in [-0.2, -0.15) is 0 Å². The van der Waals surface area contributed by atoms with Gasteiger partial charge in [0.2, 0.25) is 0 Å². The third kappa shape index (κ3) is 4.00. The van der Waals surface area contributed by atoms with Crippen LogP contribution in [-0.2, 0) is 15.4 Å². The number of rotatable bonds is 1. The first-order chi connectivity index (χ1) is 8.24. The minimum Gasteiger partial charge on any atom is -0.284 e. The summed E-state index contributed by atoms with van der Waals surface area (Å²) >= 11 is 11.9. The maximum Gasteiger partial charge on any atom is 0.282 e. The first-order valence-corrected chi connectivity index (χ1v) is 9.92. The van der Waals surface area contributed by atoms with Crippen molar-refractivity contribution in [1.82, 2.24) is 0 Å². The lowest BCUT2D eigenvalue weighted by molar-refractivity contribution is 0.568. The molecule has 1 aromatic rings. The monoisotopic (exact) mass is 320 g/mol. The summed E-state index contributed by atoms with van der Waals surface area (Å²) in [4.78, 5) is 0. The molecule has 0 saturated carbocycles. The Morgan fingerprint density at radius 1 is 0.947 bits per heavy atom. The Hall–Kier alpha value is 0.0300. The van der Waals surface area contributed by atoms with Crippen molar-refractivity contribution >= 4 is 33.6 Å². The van der Waals surface area contributed by atoms with E-state index < -0.39 is 5.85 Å². The Morgan fingerprint density at radius 2 is 1.42 bits per heavy atom. The fourth-order valence-corrected chi connectivity index (χ4v) is 4.63. The van der Waals surface area contributed by atoms with Crippen LogP contribution in [0.1, 0.15) is 58.2 Å². The van der Waals surface area contributed by atoms with Crippen molar-refractivity contribution < 1.29 is 4.57 Å². The van der Waals surface area contributed by atoms with Crippen molar-refractivity contribution in [3.05, 3.63) is 28.8 Å². The molecular weight excluding hydrogens is 298 g/mol. The predicted octanol–water partition coefficient (Wildman–Crippen LogP) is 5.89. The third-order valence-electron chi connectivity index (χ3n) is 3.23. The van der Waals surface area contributed by atoms with Gasteiger partial charge in [0, 0.05) is 5.30 Å². The summed E-state index contributed by atoms with van der Waals surface area (Å²) in [6.07, 6.45) is 0. The minimum absolute atomic E-state index is 0.0336. The molecule has 1 aromatic carbocycles. The predicted molar refractivity (Wildman–Crippen MR) is 87.5 cm³/mol. The highest BCUT2D eigenvalue weighted by Gasteiger charge is 2.31. The van der Waals surface area contributed by atoms with Crippen molar-refractivity contribution in [2.45, 2.75) is 59.3 Å². The van der Waals surface area contributed by atoms with Gasteiger partial charge in [-0.15, -0.1) is 0 Å². The van der Waals surface area contributed by atoms with Gasteiger partial charge >= 0.3 is 0 Å². The van der Waals surface area contributed by atoms with Crippen LogP contribution >= 0.6 is 28.3 Å². The highest BCUT2D eigenvalue weighted by atomic mass is 35.9. The third-order valence-corrected chi connectivity index (χ3v) is 5.36. The van der Waals surface area contributed by atoms with Gasteiger partial charge in [-0.3, -0.25) is 4.57 Å². The Bertz CT molecular complexity index is 530. The molecule has 0 aliphatic rings. The Kier molecular flexibility index (Phi) is 4.58. The molecule has 0 radical (unpaired) electrons. The summed E-state index contributed by atoms with van der Waals surface area (Å²) in [5, 5.41) is 0.608. The molecule has 0 amide bonds. The van der Waals surface area contributed by atoms with Crippen molar-refractivity contribution in [2.75, 3.05) is 0 Å². The zero-order valence-corrected chi connectivity index (χ0v) is 15.2. The van der Waals surface area contributed by atoms with Crippen LogP contribution in [0.4, 0.5) is 0 Å². The number of hydrogen-bond acceptors (Lipinski definition) is 1. The van der Waals surface area contributed by atoms with Crippen LogP contribution in [0.15, 0.2) is 12.1 Å². The second kappa shape index (κ2) is 5.10. The quantitative estimate of drug-likeness (QED) is 0.590. The molecule has 0 N–H and O–H groups in total. The SMILES string of the molecule is Cc1cc(C(C)(C)C)cc(C(C)(C)C)c1P(=O)(Cl)Cl. The number of halogens is 2. The molecule has 1 nitrogen and oxygen atoms in total.